The Morgan fingerprint density at radius 2 is 1.91 bits per heavy atom. The van der Waals surface area contributed by atoms with Crippen LogP contribution in [0.5, 0.6) is 0 Å². The summed E-state index contributed by atoms with van der Waals surface area (Å²) in [5.41, 5.74) is 5.14. The fourth-order valence-electron chi connectivity index (χ4n) is 4.04. The second-order valence-electron chi connectivity index (χ2n) is 8.57. The summed E-state index contributed by atoms with van der Waals surface area (Å²) in [7, 11) is 0. The standard InChI is InChI=1S/C22H27F2N7O4/c1-11(27-22(33)34)18(12-2-3-12)29-21-14(23)8-13(19(25)32)20(30-21)28-16-9-17(26-10-15(16)24)31-4-6-35-7-5-31/h8-12,18,27H,2-7H2,1H3,(H2,25,32)(H,33,34)(H2,26,28,29,30)/t11-,18+/m0/s1. The van der Waals surface area contributed by atoms with Crippen LogP contribution in [0.4, 0.5) is 36.7 Å². The molecule has 2 amide bonds. The predicted molar refractivity (Wildman–Crippen MR) is 124 cm³/mol. The maximum Gasteiger partial charge on any atom is 0.404 e. The van der Waals surface area contributed by atoms with Crippen molar-refractivity contribution in [3.05, 3.63) is 35.5 Å². The highest BCUT2D eigenvalue weighted by Crippen LogP contribution is 2.36. The molecule has 0 bridgehead atoms. The molecule has 2 atom stereocenters. The number of carbonyl (C=O) groups is 2. The molecule has 1 saturated heterocycles. The van der Waals surface area contributed by atoms with Crippen molar-refractivity contribution in [2.75, 3.05) is 41.8 Å². The van der Waals surface area contributed by atoms with Gasteiger partial charge in [0.15, 0.2) is 17.5 Å². The number of nitrogens with one attached hydrogen (secondary N) is 3. The van der Waals surface area contributed by atoms with Gasteiger partial charge in [0.1, 0.15) is 11.6 Å². The summed E-state index contributed by atoms with van der Waals surface area (Å²) in [6.45, 7) is 3.86. The van der Waals surface area contributed by atoms with Crippen molar-refractivity contribution in [1.82, 2.24) is 15.3 Å². The van der Waals surface area contributed by atoms with Crippen molar-refractivity contribution < 1.29 is 28.2 Å². The molecule has 2 fully saturated rings. The number of nitrogens with two attached hydrogens (primary N) is 1. The van der Waals surface area contributed by atoms with Crippen LogP contribution in [0, 0.1) is 17.6 Å². The second kappa shape index (κ2) is 10.3. The predicted octanol–water partition coefficient (Wildman–Crippen LogP) is 2.28. The molecule has 188 valence electrons. The van der Waals surface area contributed by atoms with Crippen molar-refractivity contribution in [2.24, 2.45) is 11.7 Å². The van der Waals surface area contributed by atoms with Gasteiger partial charge in [0.05, 0.1) is 36.7 Å². The molecule has 2 aromatic heterocycles. The zero-order chi connectivity index (χ0) is 25.1. The maximum atomic E-state index is 14.9. The van der Waals surface area contributed by atoms with Gasteiger partial charge in [-0.15, -0.1) is 0 Å². The third-order valence-electron chi connectivity index (χ3n) is 5.99. The number of anilines is 4. The van der Waals surface area contributed by atoms with Crippen LogP contribution in [-0.2, 0) is 4.74 Å². The SMILES string of the molecule is C[C@H](NC(=O)O)[C@@H](Nc1nc(Nc2cc(N3CCOCC3)ncc2F)c(C(N)=O)cc1F)C1CC1. The highest BCUT2D eigenvalue weighted by atomic mass is 19.1. The van der Waals surface area contributed by atoms with E-state index in [-0.39, 0.29) is 28.8 Å². The van der Waals surface area contributed by atoms with Crippen LogP contribution in [0.1, 0.15) is 30.1 Å². The summed E-state index contributed by atoms with van der Waals surface area (Å²) in [4.78, 5) is 33.3. The number of amides is 2. The Morgan fingerprint density at radius 3 is 2.54 bits per heavy atom. The minimum Gasteiger partial charge on any atom is -0.465 e. The molecule has 6 N–H and O–H groups in total. The molecule has 0 aromatic carbocycles. The molecule has 35 heavy (non-hydrogen) atoms. The average Bonchev–Trinajstić information content (AvgIpc) is 3.65. The Hall–Kier alpha value is -3.74. The van der Waals surface area contributed by atoms with Crippen LogP contribution < -0.4 is 26.6 Å². The number of primary amides is 1. The van der Waals surface area contributed by atoms with Gasteiger partial charge in [0.2, 0.25) is 0 Å². The van der Waals surface area contributed by atoms with E-state index in [9.17, 15) is 18.4 Å². The molecule has 4 rings (SSSR count). The topological polar surface area (TPSA) is 155 Å². The zero-order valence-electron chi connectivity index (χ0n) is 19.1. The number of pyridine rings is 2. The lowest BCUT2D eigenvalue weighted by molar-refractivity contribution is 0.1000. The van der Waals surface area contributed by atoms with E-state index in [1.807, 2.05) is 4.90 Å². The van der Waals surface area contributed by atoms with Crippen LogP contribution in [-0.4, -0.2) is 65.5 Å². The monoisotopic (exact) mass is 491 g/mol. The first-order chi connectivity index (χ1) is 16.7. The highest BCUT2D eigenvalue weighted by molar-refractivity contribution is 5.98. The fourth-order valence-corrected chi connectivity index (χ4v) is 4.04. The zero-order valence-corrected chi connectivity index (χ0v) is 19.1. The fraction of sp³-hybridized carbons (Fsp3) is 0.455. The van der Waals surface area contributed by atoms with E-state index in [0.717, 1.165) is 25.1 Å². The van der Waals surface area contributed by atoms with Crippen molar-refractivity contribution in [3.63, 3.8) is 0 Å². The first kappa shape index (κ1) is 24.4. The molecular formula is C22H27F2N7O4. The molecule has 0 spiro atoms. The molecule has 0 radical (unpaired) electrons. The molecule has 3 heterocycles. The van der Waals surface area contributed by atoms with Gasteiger partial charge < -0.3 is 36.4 Å². The highest BCUT2D eigenvalue weighted by Gasteiger charge is 2.36. The number of hydrogen-bond donors (Lipinski definition) is 5. The molecule has 1 aliphatic carbocycles. The van der Waals surface area contributed by atoms with Gasteiger partial charge in [-0.2, -0.15) is 0 Å². The molecular weight excluding hydrogens is 464 g/mol. The molecule has 2 aromatic rings. The summed E-state index contributed by atoms with van der Waals surface area (Å²) in [5, 5.41) is 17.1. The van der Waals surface area contributed by atoms with E-state index < -0.39 is 35.7 Å². The number of ether oxygens (including phenoxy) is 1. The number of hydrogen-bond acceptors (Lipinski definition) is 8. The van der Waals surface area contributed by atoms with Crippen LogP contribution in [0.2, 0.25) is 0 Å². The lowest BCUT2D eigenvalue weighted by Crippen LogP contribution is -2.45. The Morgan fingerprint density at radius 1 is 1.20 bits per heavy atom. The van der Waals surface area contributed by atoms with Gasteiger partial charge in [-0.05, 0) is 31.7 Å². The van der Waals surface area contributed by atoms with Gasteiger partial charge in [-0.1, -0.05) is 0 Å². The van der Waals surface area contributed by atoms with Crippen LogP contribution in [0.25, 0.3) is 0 Å². The summed E-state index contributed by atoms with van der Waals surface area (Å²) >= 11 is 0. The summed E-state index contributed by atoms with van der Waals surface area (Å²) in [6, 6.07) is 1.41. The van der Waals surface area contributed by atoms with Gasteiger partial charge in [-0.25, -0.2) is 23.5 Å². The van der Waals surface area contributed by atoms with E-state index in [2.05, 4.69) is 25.9 Å². The summed E-state index contributed by atoms with van der Waals surface area (Å²) < 4.78 is 34.8. The number of carbonyl (C=O) groups excluding carboxylic acids is 1. The number of nitrogens with zero attached hydrogens (tertiary/aromatic N) is 3. The lowest BCUT2D eigenvalue weighted by atomic mass is 10.0. The van der Waals surface area contributed by atoms with E-state index in [1.165, 1.54) is 6.07 Å². The molecule has 11 nitrogen and oxygen atoms in total. The first-order valence-corrected chi connectivity index (χ1v) is 11.2. The molecule has 1 aliphatic heterocycles. The first-order valence-electron chi connectivity index (χ1n) is 11.2. The molecule has 2 aliphatic rings. The summed E-state index contributed by atoms with van der Waals surface area (Å²) in [6.07, 6.45) is 1.54. The van der Waals surface area contributed by atoms with Gasteiger partial charge in [0, 0.05) is 25.2 Å². The quantitative estimate of drug-likeness (QED) is 0.355. The van der Waals surface area contributed by atoms with Crippen molar-refractivity contribution in [2.45, 2.75) is 31.8 Å². The van der Waals surface area contributed by atoms with E-state index in [0.29, 0.717) is 32.1 Å². The Labute approximate surface area is 200 Å². The number of morpholine rings is 1. The molecule has 13 heteroatoms. The molecule has 0 unspecified atom stereocenters. The van der Waals surface area contributed by atoms with Gasteiger partial charge >= 0.3 is 6.09 Å². The smallest absolute Gasteiger partial charge is 0.404 e. The number of carboxylic acid groups (broad SMARTS) is 1. The van der Waals surface area contributed by atoms with Crippen LogP contribution >= 0.6 is 0 Å². The van der Waals surface area contributed by atoms with Gasteiger partial charge in [0.25, 0.3) is 5.91 Å². The second-order valence-corrected chi connectivity index (χ2v) is 8.57. The third-order valence-corrected chi connectivity index (χ3v) is 5.99. The normalized spacial score (nSPS) is 17.4. The minimum atomic E-state index is -1.20. The number of halogens is 2. The van der Waals surface area contributed by atoms with E-state index in [1.54, 1.807) is 6.92 Å². The maximum absolute atomic E-state index is 14.9. The molecule has 1 saturated carbocycles. The van der Waals surface area contributed by atoms with Crippen molar-refractivity contribution in [1.29, 1.82) is 0 Å². The van der Waals surface area contributed by atoms with E-state index >= 15 is 0 Å². The van der Waals surface area contributed by atoms with Crippen molar-refractivity contribution in [3.8, 4) is 0 Å². The average molecular weight is 491 g/mol. The largest absolute Gasteiger partial charge is 0.465 e. The third kappa shape index (κ3) is 5.85. The Kier molecular flexibility index (Phi) is 7.15. The van der Waals surface area contributed by atoms with Crippen LogP contribution in [0.15, 0.2) is 18.3 Å². The van der Waals surface area contributed by atoms with E-state index in [4.69, 9.17) is 15.6 Å². The van der Waals surface area contributed by atoms with Crippen LogP contribution in [0.3, 0.4) is 0 Å². The Balaban J connectivity index is 1.64. The van der Waals surface area contributed by atoms with Crippen molar-refractivity contribution >= 4 is 35.1 Å². The Bertz CT molecular complexity index is 1110. The lowest BCUT2D eigenvalue weighted by Gasteiger charge is -2.28. The minimum absolute atomic E-state index is 0.0197. The summed E-state index contributed by atoms with van der Waals surface area (Å²) in [5.74, 6) is -2.23. The number of rotatable bonds is 9. The van der Waals surface area contributed by atoms with Gasteiger partial charge in [-0.3, -0.25) is 4.79 Å². The number of aromatic nitrogens is 2.